The summed E-state index contributed by atoms with van der Waals surface area (Å²) >= 11 is 0. The zero-order valence-electron chi connectivity index (χ0n) is 21.5. The number of benzene rings is 3. The molecule has 4 aromatic rings. The molecule has 0 aliphatic heterocycles. The lowest BCUT2D eigenvalue weighted by Crippen LogP contribution is -2.14. The molecule has 0 unspecified atom stereocenters. The molecule has 0 N–H and O–H groups in total. The highest BCUT2D eigenvalue weighted by Gasteiger charge is 2.21. The largest absolute Gasteiger partial charge is 0.497 e. The summed E-state index contributed by atoms with van der Waals surface area (Å²) in [6.07, 6.45) is 2.98. The van der Waals surface area contributed by atoms with E-state index in [9.17, 15) is 9.59 Å². The fourth-order valence-corrected chi connectivity index (χ4v) is 4.05. The van der Waals surface area contributed by atoms with Crippen LogP contribution in [-0.4, -0.2) is 13.1 Å². The van der Waals surface area contributed by atoms with E-state index in [0.717, 1.165) is 16.7 Å². The van der Waals surface area contributed by atoms with E-state index in [2.05, 4.69) is 20.8 Å². The first-order valence-corrected chi connectivity index (χ1v) is 11.8. The van der Waals surface area contributed by atoms with Gasteiger partial charge in [-0.2, -0.15) is 0 Å². The van der Waals surface area contributed by atoms with Crippen LogP contribution in [-0.2, 0) is 10.2 Å². The second-order valence-electron chi connectivity index (χ2n) is 9.90. The van der Waals surface area contributed by atoms with Crippen molar-refractivity contribution in [2.45, 2.75) is 40.0 Å². The van der Waals surface area contributed by atoms with E-state index < -0.39 is 11.4 Å². The predicted molar refractivity (Wildman–Crippen MR) is 144 cm³/mol. The van der Waals surface area contributed by atoms with E-state index in [4.69, 9.17) is 13.9 Å². The summed E-state index contributed by atoms with van der Waals surface area (Å²) < 4.78 is 17.0. The van der Waals surface area contributed by atoms with E-state index >= 15 is 0 Å². The van der Waals surface area contributed by atoms with Gasteiger partial charge < -0.3 is 13.9 Å². The van der Waals surface area contributed by atoms with Crippen molar-refractivity contribution in [1.82, 2.24) is 0 Å². The molecule has 1 heterocycles. The van der Waals surface area contributed by atoms with E-state index in [0.29, 0.717) is 22.3 Å². The summed E-state index contributed by atoms with van der Waals surface area (Å²) in [5.41, 5.74) is 4.50. The van der Waals surface area contributed by atoms with Gasteiger partial charge in [-0.3, -0.25) is 4.79 Å². The van der Waals surface area contributed by atoms with Gasteiger partial charge in [-0.15, -0.1) is 0 Å². The summed E-state index contributed by atoms with van der Waals surface area (Å²) in [5.74, 6) is 0.0436. The number of aryl methyl sites for hydroxylation is 2. The fourth-order valence-electron chi connectivity index (χ4n) is 4.05. The average Bonchev–Trinajstić information content (AvgIpc) is 2.84. The zero-order chi connectivity index (χ0) is 26.0. The normalized spacial score (nSPS) is 11.7. The third-order valence-electron chi connectivity index (χ3n) is 6.02. The lowest BCUT2D eigenvalue weighted by Gasteiger charge is -2.18. The number of esters is 1. The van der Waals surface area contributed by atoms with Gasteiger partial charge in [0.05, 0.1) is 12.5 Å². The smallest absolute Gasteiger partial charge is 0.336 e. The van der Waals surface area contributed by atoms with Gasteiger partial charge in [-0.25, -0.2) is 4.79 Å². The summed E-state index contributed by atoms with van der Waals surface area (Å²) in [7, 11) is 1.58. The maximum Gasteiger partial charge on any atom is 0.336 e. The molecule has 4 rings (SSSR count). The number of hydrogen-bond donors (Lipinski definition) is 0. The van der Waals surface area contributed by atoms with Crippen molar-refractivity contribution in [2.75, 3.05) is 7.11 Å². The monoisotopic (exact) mass is 482 g/mol. The average molecular weight is 483 g/mol. The van der Waals surface area contributed by atoms with Gasteiger partial charge in [0.1, 0.15) is 11.3 Å². The summed E-state index contributed by atoms with van der Waals surface area (Å²) in [6.45, 7) is 10.2. The SMILES string of the molecule is COc1ccc(-c2oc3c(C)cc(C)cc3c(=O)c2OC(=O)C=Cc2ccc(C(C)(C)C)cc2)cc1. The Kier molecular flexibility index (Phi) is 6.84. The standard InChI is InChI=1S/C31H30O5/c1-19-17-20(2)28-25(18-19)27(33)30(29(36-28)22-10-14-24(34-6)15-11-22)35-26(32)16-9-21-7-12-23(13-8-21)31(3,4)5/h7-18H,1-6H3. The lowest BCUT2D eigenvalue weighted by molar-refractivity contribution is -0.129. The van der Waals surface area contributed by atoms with Gasteiger partial charge in [0.2, 0.25) is 11.2 Å². The van der Waals surface area contributed by atoms with Crippen molar-refractivity contribution in [3.05, 3.63) is 99.2 Å². The van der Waals surface area contributed by atoms with Crippen molar-refractivity contribution in [3.8, 4) is 22.8 Å². The summed E-state index contributed by atoms with van der Waals surface area (Å²) in [6, 6.07) is 18.7. The minimum atomic E-state index is -0.666. The van der Waals surface area contributed by atoms with E-state index in [1.54, 1.807) is 43.5 Å². The predicted octanol–water partition coefficient (Wildman–Crippen LogP) is 7.00. The minimum Gasteiger partial charge on any atom is -0.497 e. The first-order chi connectivity index (χ1) is 17.1. The maximum atomic E-state index is 13.5. The second-order valence-corrected chi connectivity index (χ2v) is 9.90. The Morgan fingerprint density at radius 1 is 0.944 bits per heavy atom. The Balaban J connectivity index is 1.73. The quantitative estimate of drug-likeness (QED) is 0.226. The Morgan fingerprint density at radius 3 is 2.22 bits per heavy atom. The first-order valence-electron chi connectivity index (χ1n) is 11.8. The number of rotatable bonds is 5. The molecule has 0 aliphatic rings. The molecule has 5 heteroatoms. The van der Waals surface area contributed by atoms with E-state index in [1.165, 1.54) is 11.6 Å². The highest BCUT2D eigenvalue weighted by Crippen LogP contribution is 2.33. The number of methoxy groups -OCH3 is 1. The van der Waals surface area contributed by atoms with Gasteiger partial charge in [-0.05, 0) is 77.9 Å². The molecule has 0 bridgehead atoms. The molecule has 0 aliphatic carbocycles. The van der Waals surface area contributed by atoms with Crippen LogP contribution in [0.1, 0.15) is 43.0 Å². The van der Waals surface area contributed by atoms with Crippen molar-refractivity contribution < 1.29 is 18.7 Å². The fraction of sp³-hybridized carbons (Fsp3) is 0.226. The van der Waals surface area contributed by atoms with Gasteiger partial charge in [0.15, 0.2) is 5.76 Å². The number of ether oxygens (including phenoxy) is 2. The van der Waals surface area contributed by atoms with Crippen LogP contribution in [0.4, 0.5) is 0 Å². The second kappa shape index (κ2) is 9.86. The van der Waals surface area contributed by atoms with Crippen LogP contribution in [0.2, 0.25) is 0 Å². The van der Waals surface area contributed by atoms with Crippen LogP contribution < -0.4 is 14.9 Å². The van der Waals surface area contributed by atoms with E-state index in [1.807, 2.05) is 44.2 Å². The number of hydrogen-bond acceptors (Lipinski definition) is 5. The molecule has 0 atom stereocenters. The lowest BCUT2D eigenvalue weighted by atomic mass is 9.87. The van der Waals surface area contributed by atoms with E-state index in [-0.39, 0.29) is 16.9 Å². The Morgan fingerprint density at radius 2 is 1.61 bits per heavy atom. The van der Waals surface area contributed by atoms with Crippen molar-refractivity contribution in [2.24, 2.45) is 0 Å². The highest BCUT2D eigenvalue weighted by molar-refractivity contribution is 5.91. The minimum absolute atomic E-state index is 0.0415. The topological polar surface area (TPSA) is 65.7 Å². The number of carbonyl (C=O) groups excluding carboxylic acids is 1. The van der Waals surface area contributed by atoms with Crippen LogP contribution >= 0.6 is 0 Å². The van der Waals surface area contributed by atoms with Gasteiger partial charge >= 0.3 is 5.97 Å². The molecule has 5 nitrogen and oxygen atoms in total. The van der Waals surface area contributed by atoms with Gasteiger partial charge in [0, 0.05) is 11.6 Å². The molecular weight excluding hydrogens is 452 g/mol. The highest BCUT2D eigenvalue weighted by atomic mass is 16.5. The van der Waals surface area contributed by atoms with Crippen molar-refractivity contribution >= 4 is 23.0 Å². The van der Waals surface area contributed by atoms with Crippen LogP contribution in [0.15, 0.2) is 76.0 Å². The molecular formula is C31H30O5. The molecule has 0 saturated heterocycles. The molecule has 0 radical (unpaired) electrons. The molecule has 0 fully saturated rings. The summed E-state index contributed by atoms with van der Waals surface area (Å²) in [4.78, 5) is 26.3. The first kappa shape index (κ1) is 25.0. The van der Waals surface area contributed by atoms with Crippen LogP contribution in [0.25, 0.3) is 28.4 Å². The van der Waals surface area contributed by atoms with Crippen LogP contribution in [0.3, 0.4) is 0 Å². The Bertz CT molecular complexity index is 1500. The molecule has 0 spiro atoms. The number of carbonyl (C=O) groups is 1. The molecule has 36 heavy (non-hydrogen) atoms. The molecule has 0 saturated carbocycles. The molecule has 3 aromatic carbocycles. The van der Waals surface area contributed by atoms with Crippen molar-refractivity contribution in [1.29, 1.82) is 0 Å². The van der Waals surface area contributed by atoms with Gasteiger partial charge in [0.25, 0.3) is 0 Å². The Hall–Kier alpha value is -4.12. The summed E-state index contributed by atoms with van der Waals surface area (Å²) in [5, 5.41) is 0.370. The molecule has 184 valence electrons. The third kappa shape index (κ3) is 5.25. The molecule has 0 amide bonds. The van der Waals surface area contributed by atoms with Crippen LogP contribution in [0, 0.1) is 13.8 Å². The molecule has 1 aromatic heterocycles. The van der Waals surface area contributed by atoms with Crippen LogP contribution in [0.5, 0.6) is 11.5 Å². The van der Waals surface area contributed by atoms with Gasteiger partial charge in [-0.1, -0.05) is 51.1 Å². The third-order valence-corrected chi connectivity index (χ3v) is 6.02. The maximum absolute atomic E-state index is 13.5. The number of fused-ring (bicyclic) bond motifs is 1. The zero-order valence-corrected chi connectivity index (χ0v) is 21.5. The van der Waals surface area contributed by atoms with Crippen molar-refractivity contribution in [3.63, 3.8) is 0 Å². The Labute approximate surface area is 211 Å².